The van der Waals surface area contributed by atoms with E-state index in [-0.39, 0.29) is 11.8 Å². The molecule has 0 aliphatic carbocycles. The number of halogens is 1. The predicted molar refractivity (Wildman–Crippen MR) is 106 cm³/mol. The van der Waals surface area contributed by atoms with Crippen LogP contribution in [0, 0.1) is 0 Å². The minimum Gasteiger partial charge on any atom is -0.352 e. The van der Waals surface area contributed by atoms with Crippen LogP contribution in [0.25, 0.3) is 0 Å². The van der Waals surface area contributed by atoms with Crippen LogP contribution in [0.2, 0.25) is 5.02 Å². The van der Waals surface area contributed by atoms with Crippen molar-refractivity contribution < 1.29 is 9.59 Å². The predicted octanol–water partition coefficient (Wildman–Crippen LogP) is 4.23. The van der Waals surface area contributed by atoms with E-state index in [4.69, 9.17) is 11.6 Å². The van der Waals surface area contributed by atoms with Crippen molar-refractivity contribution in [2.75, 3.05) is 13.1 Å². The average molecular weight is 373 g/mol. The highest BCUT2D eigenvalue weighted by atomic mass is 35.5. The Morgan fingerprint density at radius 2 is 1.50 bits per heavy atom. The molecule has 0 aliphatic rings. The topological polar surface area (TPSA) is 58.2 Å². The molecule has 2 aromatic carbocycles. The van der Waals surface area contributed by atoms with Crippen LogP contribution >= 0.6 is 11.6 Å². The molecule has 0 heterocycles. The quantitative estimate of drug-likeness (QED) is 0.647. The zero-order valence-corrected chi connectivity index (χ0v) is 15.8. The van der Waals surface area contributed by atoms with Gasteiger partial charge in [0, 0.05) is 29.2 Å². The van der Waals surface area contributed by atoms with Gasteiger partial charge in [0.15, 0.2) is 0 Å². The van der Waals surface area contributed by atoms with E-state index in [0.717, 1.165) is 24.8 Å². The van der Waals surface area contributed by atoms with E-state index < -0.39 is 0 Å². The number of carbonyl (C=O) groups is 2. The van der Waals surface area contributed by atoms with Crippen LogP contribution in [0.1, 0.15) is 52.5 Å². The van der Waals surface area contributed by atoms with E-state index >= 15 is 0 Å². The molecule has 0 saturated heterocycles. The summed E-state index contributed by atoms with van der Waals surface area (Å²) in [5.41, 5.74) is 2.18. The Morgan fingerprint density at radius 3 is 2.08 bits per heavy atom. The molecule has 0 spiro atoms. The zero-order chi connectivity index (χ0) is 18.8. The van der Waals surface area contributed by atoms with Gasteiger partial charge >= 0.3 is 0 Å². The molecule has 0 atom stereocenters. The molecule has 2 amide bonds. The summed E-state index contributed by atoms with van der Waals surface area (Å²) in [5, 5.41) is 6.46. The largest absolute Gasteiger partial charge is 0.352 e. The van der Waals surface area contributed by atoms with Gasteiger partial charge in [-0.3, -0.25) is 9.59 Å². The Hall–Kier alpha value is -2.33. The van der Waals surface area contributed by atoms with E-state index in [1.165, 1.54) is 0 Å². The zero-order valence-electron chi connectivity index (χ0n) is 15.1. The van der Waals surface area contributed by atoms with Crippen LogP contribution in [-0.4, -0.2) is 24.9 Å². The average Bonchev–Trinajstić information content (AvgIpc) is 2.65. The molecule has 138 valence electrons. The Kier molecular flexibility index (Phi) is 8.16. The first-order valence-corrected chi connectivity index (χ1v) is 9.39. The van der Waals surface area contributed by atoms with Crippen LogP contribution < -0.4 is 10.6 Å². The van der Waals surface area contributed by atoms with Gasteiger partial charge in [0.1, 0.15) is 0 Å². The highest BCUT2D eigenvalue weighted by Gasteiger charge is 2.08. The lowest BCUT2D eigenvalue weighted by Crippen LogP contribution is -2.26. The third-order valence-electron chi connectivity index (χ3n) is 4.06. The maximum absolute atomic E-state index is 12.2. The second-order valence-electron chi connectivity index (χ2n) is 6.18. The molecule has 2 aromatic rings. The third-order valence-corrected chi connectivity index (χ3v) is 4.30. The Bertz CT molecular complexity index is 729. The summed E-state index contributed by atoms with van der Waals surface area (Å²) in [7, 11) is 0. The van der Waals surface area contributed by atoms with Crippen molar-refractivity contribution in [3.63, 3.8) is 0 Å². The van der Waals surface area contributed by atoms with Crippen molar-refractivity contribution in [2.45, 2.75) is 32.6 Å². The second-order valence-corrected chi connectivity index (χ2v) is 6.61. The molecular weight excluding hydrogens is 348 g/mol. The minimum atomic E-state index is -0.151. The summed E-state index contributed by atoms with van der Waals surface area (Å²) < 4.78 is 0. The Balaban J connectivity index is 1.79. The second kappa shape index (κ2) is 10.6. The number of unbranched alkanes of at least 4 members (excludes halogenated alkanes) is 2. The monoisotopic (exact) mass is 372 g/mol. The smallest absolute Gasteiger partial charge is 0.251 e. The fourth-order valence-corrected chi connectivity index (χ4v) is 2.78. The summed E-state index contributed by atoms with van der Waals surface area (Å²) in [5.74, 6) is -0.254. The molecule has 0 saturated carbocycles. The van der Waals surface area contributed by atoms with Crippen molar-refractivity contribution in [1.29, 1.82) is 0 Å². The summed E-state index contributed by atoms with van der Waals surface area (Å²) >= 11 is 5.95. The van der Waals surface area contributed by atoms with Crippen LogP contribution in [0.15, 0.2) is 48.5 Å². The highest BCUT2D eigenvalue weighted by molar-refractivity contribution is 6.30. The van der Waals surface area contributed by atoms with E-state index in [9.17, 15) is 9.59 Å². The van der Waals surface area contributed by atoms with Gasteiger partial charge < -0.3 is 10.6 Å². The lowest BCUT2D eigenvalue weighted by atomic mass is 10.1. The first-order valence-electron chi connectivity index (χ1n) is 9.01. The van der Waals surface area contributed by atoms with Gasteiger partial charge in [-0.15, -0.1) is 0 Å². The first kappa shape index (κ1) is 20.0. The SMILES string of the molecule is CCCCCNC(=O)c1ccc(C(=O)NCCc2cccc(Cl)c2)cc1. The van der Waals surface area contributed by atoms with Gasteiger partial charge in [-0.2, -0.15) is 0 Å². The van der Waals surface area contributed by atoms with Gasteiger partial charge in [-0.1, -0.05) is 43.5 Å². The molecule has 2 N–H and O–H groups in total. The molecule has 0 unspecified atom stereocenters. The third kappa shape index (κ3) is 6.52. The first-order chi connectivity index (χ1) is 12.6. The summed E-state index contributed by atoms with van der Waals surface area (Å²) in [6.45, 7) is 3.33. The summed E-state index contributed by atoms with van der Waals surface area (Å²) in [6, 6.07) is 14.3. The van der Waals surface area contributed by atoms with Crippen LogP contribution in [0.5, 0.6) is 0 Å². The van der Waals surface area contributed by atoms with Crippen LogP contribution in [-0.2, 0) is 6.42 Å². The standard InChI is InChI=1S/C21H25ClN2O2/c1-2-3-4-13-23-20(25)17-8-10-18(11-9-17)21(26)24-14-12-16-6-5-7-19(22)15-16/h5-11,15H,2-4,12-14H2,1H3,(H,23,25)(H,24,26). The maximum Gasteiger partial charge on any atom is 0.251 e. The number of hydrogen-bond donors (Lipinski definition) is 2. The Labute approximate surface area is 159 Å². The molecule has 0 aliphatic heterocycles. The van der Waals surface area contributed by atoms with E-state index in [1.54, 1.807) is 24.3 Å². The van der Waals surface area contributed by atoms with Gasteiger partial charge in [-0.25, -0.2) is 0 Å². The normalized spacial score (nSPS) is 10.4. The molecule has 0 radical (unpaired) electrons. The van der Waals surface area contributed by atoms with Crippen molar-refractivity contribution >= 4 is 23.4 Å². The minimum absolute atomic E-state index is 0.103. The van der Waals surface area contributed by atoms with E-state index in [1.807, 2.05) is 24.3 Å². The number of nitrogens with one attached hydrogen (secondary N) is 2. The van der Waals surface area contributed by atoms with Gasteiger partial charge in [0.2, 0.25) is 0 Å². The molecule has 5 heteroatoms. The van der Waals surface area contributed by atoms with E-state index in [0.29, 0.717) is 35.7 Å². The van der Waals surface area contributed by atoms with Crippen molar-refractivity contribution in [2.24, 2.45) is 0 Å². The Morgan fingerprint density at radius 1 is 0.885 bits per heavy atom. The number of amides is 2. The molecule has 0 aromatic heterocycles. The molecular formula is C21H25ClN2O2. The number of hydrogen-bond acceptors (Lipinski definition) is 2. The van der Waals surface area contributed by atoms with Crippen molar-refractivity contribution in [1.82, 2.24) is 10.6 Å². The number of benzene rings is 2. The van der Waals surface area contributed by atoms with Gasteiger partial charge in [0.05, 0.1) is 0 Å². The molecule has 0 bridgehead atoms. The number of rotatable bonds is 9. The number of carbonyl (C=O) groups excluding carboxylic acids is 2. The van der Waals surface area contributed by atoms with Crippen molar-refractivity contribution in [3.8, 4) is 0 Å². The van der Waals surface area contributed by atoms with Gasteiger partial charge in [0.25, 0.3) is 11.8 Å². The molecule has 4 nitrogen and oxygen atoms in total. The maximum atomic E-state index is 12.2. The summed E-state index contributed by atoms with van der Waals surface area (Å²) in [4.78, 5) is 24.2. The molecule has 2 rings (SSSR count). The van der Waals surface area contributed by atoms with Crippen LogP contribution in [0.3, 0.4) is 0 Å². The molecule has 26 heavy (non-hydrogen) atoms. The summed E-state index contributed by atoms with van der Waals surface area (Å²) in [6.07, 6.45) is 3.92. The lowest BCUT2D eigenvalue weighted by molar-refractivity contribution is 0.0941. The van der Waals surface area contributed by atoms with Crippen LogP contribution in [0.4, 0.5) is 0 Å². The fourth-order valence-electron chi connectivity index (χ4n) is 2.57. The van der Waals surface area contributed by atoms with E-state index in [2.05, 4.69) is 17.6 Å². The van der Waals surface area contributed by atoms with Crippen molar-refractivity contribution in [3.05, 3.63) is 70.2 Å². The molecule has 0 fully saturated rings. The lowest BCUT2D eigenvalue weighted by Gasteiger charge is -2.07. The fraction of sp³-hybridized carbons (Fsp3) is 0.333. The van der Waals surface area contributed by atoms with Gasteiger partial charge in [-0.05, 0) is 54.8 Å². The highest BCUT2D eigenvalue weighted by Crippen LogP contribution is 2.11.